The molecule has 0 aliphatic heterocycles. The van der Waals surface area contributed by atoms with Gasteiger partial charge in [-0.2, -0.15) is 0 Å². The third kappa shape index (κ3) is 30.3. The van der Waals surface area contributed by atoms with Gasteiger partial charge in [-0.3, -0.25) is 0 Å². The van der Waals surface area contributed by atoms with Crippen LogP contribution in [0, 0.1) is 0 Å². The average Bonchev–Trinajstić information content (AvgIpc) is 2.67. The normalized spacial score (nSPS) is 20.7. The summed E-state index contributed by atoms with van der Waals surface area (Å²) in [4.78, 5) is 0. The molecule has 4 rings (SSSR count). The first-order valence-corrected chi connectivity index (χ1v) is 14.6. The van der Waals surface area contributed by atoms with E-state index in [1.54, 1.807) is 0 Å². The molecule has 0 unspecified atom stereocenters. The molecule has 34 heavy (non-hydrogen) atoms. The molecule has 0 N–H and O–H groups in total. The Bertz CT molecular complexity index is 347. The van der Waals surface area contributed by atoms with Gasteiger partial charge in [0.1, 0.15) is 0 Å². The molecule has 2 radical (unpaired) electrons. The van der Waals surface area contributed by atoms with Gasteiger partial charge in [-0.05, 0) is 103 Å². The summed E-state index contributed by atoms with van der Waals surface area (Å²) in [7, 11) is 0. The van der Waals surface area contributed by atoms with Gasteiger partial charge in [0.2, 0.25) is 0 Å². The maximum absolute atomic E-state index is 2.32. The van der Waals surface area contributed by atoms with Crippen LogP contribution in [0.25, 0.3) is 0 Å². The molecule has 0 aromatic carbocycles. The summed E-state index contributed by atoms with van der Waals surface area (Å²) in [6.07, 6.45) is 52.0. The SMILES string of the molecule is C1=CCCCCCC1.C1=CCCCCCC1.C1=CCCCCCC1.C1=CCCCCCC1.[Ir].[Ir]. The number of hydrogen-bond donors (Lipinski definition) is 0. The van der Waals surface area contributed by atoms with E-state index < -0.39 is 0 Å². The fourth-order valence-electron chi connectivity index (χ4n) is 4.45. The van der Waals surface area contributed by atoms with Gasteiger partial charge < -0.3 is 0 Å². The van der Waals surface area contributed by atoms with Crippen LogP contribution in [0.3, 0.4) is 0 Å². The van der Waals surface area contributed by atoms with Gasteiger partial charge in [0.15, 0.2) is 0 Å². The van der Waals surface area contributed by atoms with Gasteiger partial charge in [-0.1, -0.05) is 100.0 Å². The second kappa shape index (κ2) is 33.3. The molecule has 4 aliphatic carbocycles. The van der Waals surface area contributed by atoms with Crippen molar-refractivity contribution in [2.24, 2.45) is 0 Å². The molecular weight excluding hydrogens is 769 g/mol. The molecular formula is C32H56Ir2. The molecule has 2 heteroatoms. The van der Waals surface area contributed by atoms with Crippen molar-refractivity contribution in [3.63, 3.8) is 0 Å². The molecule has 0 amide bonds. The van der Waals surface area contributed by atoms with E-state index in [4.69, 9.17) is 0 Å². The Morgan fingerprint density at radius 3 is 0.412 bits per heavy atom. The van der Waals surface area contributed by atoms with Gasteiger partial charge in [0.25, 0.3) is 0 Å². The van der Waals surface area contributed by atoms with Crippen LogP contribution < -0.4 is 0 Å². The van der Waals surface area contributed by atoms with Gasteiger partial charge in [0.05, 0.1) is 0 Å². The van der Waals surface area contributed by atoms with Crippen LogP contribution in [0.4, 0.5) is 0 Å². The maximum Gasteiger partial charge on any atom is 0 e. The molecule has 0 heterocycles. The minimum atomic E-state index is 0. The number of hydrogen-bond acceptors (Lipinski definition) is 0. The van der Waals surface area contributed by atoms with Crippen molar-refractivity contribution in [2.45, 2.75) is 154 Å². The molecule has 0 fully saturated rings. The number of allylic oxidation sites excluding steroid dienone is 8. The topological polar surface area (TPSA) is 0 Å². The maximum atomic E-state index is 2.32. The summed E-state index contributed by atoms with van der Waals surface area (Å²) in [6.45, 7) is 0. The summed E-state index contributed by atoms with van der Waals surface area (Å²) in [6, 6.07) is 0. The monoisotopic (exact) mass is 826 g/mol. The summed E-state index contributed by atoms with van der Waals surface area (Å²) in [5.74, 6) is 0. The molecule has 0 saturated heterocycles. The Hall–Kier alpha value is 0.259. The van der Waals surface area contributed by atoms with E-state index in [1.165, 1.54) is 154 Å². The summed E-state index contributed by atoms with van der Waals surface area (Å²) in [5, 5.41) is 0. The molecule has 0 spiro atoms. The zero-order valence-corrected chi connectivity index (χ0v) is 27.0. The largest absolute Gasteiger partial charge is 0.0885 e. The Balaban J connectivity index is 0. The number of rotatable bonds is 0. The fourth-order valence-corrected chi connectivity index (χ4v) is 4.45. The van der Waals surface area contributed by atoms with Crippen LogP contribution in [0.2, 0.25) is 0 Å². The molecule has 0 bridgehead atoms. The first-order chi connectivity index (χ1) is 16.0. The van der Waals surface area contributed by atoms with Crippen molar-refractivity contribution in [3.8, 4) is 0 Å². The second-order valence-corrected chi connectivity index (χ2v) is 9.85. The van der Waals surface area contributed by atoms with Gasteiger partial charge in [0, 0.05) is 40.2 Å². The van der Waals surface area contributed by atoms with Gasteiger partial charge in [-0.25, -0.2) is 0 Å². The molecule has 4 aliphatic rings. The van der Waals surface area contributed by atoms with E-state index in [2.05, 4.69) is 48.6 Å². The van der Waals surface area contributed by atoms with Crippen LogP contribution in [0.15, 0.2) is 48.6 Å². The Labute approximate surface area is 241 Å². The molecule has 0 atom stereocenters. The fraction of sp³-hybridized carbons (Fsp3) is 0.750. The van der Waals surface area contributed by atoms with Crippen LogP contribution in [-0.4, -0.2) is 0 Å². The third-order valence-corrected chi connectivity index (χ3v) is 6.63. The Morgan fingerprint density at radius 1 is 0.176 bits per heavy atom. The van der Waals surface area contributed by atoms with Crippen molar-refractivity contribution in [1.82, 2.24) is 0 Å². The van der Waals surface area contributed by atoms with Crippen molar-refractivity contribution in [2.75, 3.05) is 0 Å². The van der Waals surface area contributed by atoms with E-state index in [-0.39, 0.29) is 40.2 Å². The zero-order chi connectivity index (χ0) is 22.6. The zero-order valence-electron chi connectivity index (χ0n) is 22.3. The first-order valence-electron chi connectivity index (χ1n) is 14.6. The molecule has 202 valence electrons. The second-order valence-electron chi connectivity index (χ2n) is 9.85. The van der Waals surface area contributed by atoms with Crippen molar-refractivity contribution in [3.05, 3.63) is 48.6 Å². The minimum Gasteiger partial charge on any atom is -0.0885 e. The molecule has 0 nitrogen and oxygen atoms in total. The van der Waals surface area contributed by atoms with Gasteiger partial charge >= 0.3 is 0 Å². The smallest absolute Gasteiger partial charge is 0 e. The Morgan fingerprint density at radius 2 is 0.294 bits per heavy atom. The van der Waals surface area contributed by atoms with Crippen LogP contribution >= 0.6 is 0 Å². The van der Waals surface area contributed by atoms with E-state index in [0.717, 1.165) is 0 Å². The molecule has 0 aromatic rings. The first kappa shape index (κ1) is 36.4. The Kier molecular flexibility index (Phi) is 35.6. The van der Waals surface area contributed by atoms with Crippen LogP contribution in [0.5, 0.6) is 0 Å². The predicted molar refractivity (Wildman–Crippen MR) is 147 cm³/mol. The van der Waals surface area contributed by atoms with Gasteiger partial charge in [-0.15, -0.1) is 0 Å². The van der Waals surface area contributed by atoms with E-state index in [9.17, 15) is 0 Å². The standard InChI is InChI=1S/4C8H14.2Ir/c4*1-2-4-6-8-7-5-3-1;;/h4*1-2H,3-8H2;;. The van der Waals surface area contributed by atoms with E-state index in [1.807, 2.05) is 0 Å². The predicted octanol–water partition coefficient (Wildman–Crippen LogP) is 11.6. The van der Waals surface area contributed by atoms with Crippen molar-refractivity contribution >= 4 is 0 Å². The summed E-state index contributed by atoms with van der Waals surface area (Å²) in [5.41, 5.74) is 0. The summed E-state index contributed by atoms with van der Waals surface area (Å²) < 4.78 is 0. The minimum absolute atomic E-state index is 0. The van der Waals surface area contributed by atoms with Crippen LogP contribution in [-0.2, 0) is 40.2 Å². The van der Waals surface area contributed by atoms with E-state index in [0.29, 0.717) is 0 Å². The van der Waals surface area contributed by atoms with E-state index >= 15 is 0 Å². The quantitative estimate of drug-likeness (QED) is 0.214. The van der Waals surface area contributed by atoms with Crippen molar-refractivity contribution in [1.29, 1.82) is 0 Å². The average molecular weight is 825 g/mol. The molecule has 0 saturated carbocycles. The third-order valence-electron chi connectivity index (χ3n) is 6.63. The van der Waals surface area contributed by atoms with Crippen molar-refractivity contribution < 1.29 is 40.2 Å². The van der Waals surface area contributed by atoms with Crippen LogP contribution in [0.1, 0.15) is 154 Å². The molecule has 0 aromatic heterocycles. The summed E-state index contributed by atoms with van der Waals surface area (Å²) >= 11 is 0.